The predicted molar refractivity (Wildman–Crippen MR) is 77.7 cm³/mol. The Labute approximate surface area is 116 Å². The van der Waals surface area contributed by atoms with Crippen LogP contribution in [0, 0.1) is 17.8 Å². The summed E-state index contributed by atoms with van der Waals surface area (Å²) in [4.78, 5) is 0. The first-order valence-electron chi connectivity index (χ1n) is 3.22. The van der Waals surface area contributed by atoms with Gasteiger partial charge in [-0.2, -0.15) is 0 Å². The largest absolute Gasteiger partial charge is 0.136 e. The summed E-state index contributed by atoms with van der Waals surface area (Å²) in [6.07, 6.45) is 1.55. The van der Waals surface area contributed by atoms with Crippen LogP contribution in [0.3, 0.4) is 0 Å². The molecule has 0 bridgehead atoms. The van der Waals surface area contributed by atoms with Gasteiger partial charge in [0.25, 0.3) is 0 Å². The highest BCUT2D eigenvalue weighted by Gasteiger charge is 2.68. The second-order valence-electron chi connectivity index (χ2n) is 3.08. The molecule has 0 radical (unpaired) electrons. The van der Waals surface area contributed by atoms with E-state index >= 15 is 0 Å². The van der Waals surface area contributed by atoms with Crippen molar-refractivity contribution in [1.82, 2.24) is 0 Å². The van der Waals surface area contributed by atoms with Crippen molar-refractivity contribution in [1.29, 1.82) is 0 Å². The van der Waals surface area contributed by atoms with Crippen LogP contribution in [0.1, 0.15) is 6.42 Å². The Hall–Kier alpha value is 2.92. The minimum absolute atomic E-state index is 0.450. The molecule has 3 atom stereocenters. The number of halogens is 4. The summed E-state index contributed by atoms with van der Waals surface area (Å²) in [5.74, 6) is 3.40. The van der Waals surface area contributed by atoms with Crippen molar-refractivity contribution in [3.63, 3.8) is 0 Å². The Morgan fingerprint density at radius 2 is 1.70 bits per heavy atom. The van der Waals surface area contributed by atoms with Crippen LogP contribution < -0.4 is 0 Å². The molecule has 3 unspecified atom stereocenters. The maximum atomic E-state index is 2.62. The van der Waals surface area contributed by atoms with Gasteiger partial charge in [-0.3, -0.25) is 0 Å². The molecule has 0 amide bonds. The van der Waals surface area contributed by atoms with Gasteiger partial charge in [0.05, 0.1) is 0 Å². The number of rotatable bonds is 2. The number of hydrogen-bond acceptors (Lipinski definition) is 0. The topological polar surface area (TPSA) is 0 Å². The van der Waals surface area contributed by atoms with Crippen molar-refractivity contribution in [3.05, 3.63) is 0 Å². The lowest BCUT2D eigenvalue weighted by atomic mass is 10.1. The zero-order valence-electron chi connectivity index (χ0n) is 5.03. The molecular formula is C6H6I4. The minimum atomic E-state index is 0.450. The van der Waals surface area contributed by atoms with Gasteiger partial charge in [0.15, 0.2) is 0 Å². The first-order chi connectivity index (χ1) is 4.52. The smallest absolute Gasteiger partial charge is 0.0791 e. The molecule has 4 heteroatoms. The van der Waals surface area contributed by atoms with Crippen LogP contribution in [0.5, 0.6) is 0 Å². The molecule has 0 spiro atoms. The first-order valence-corrected chi connectivity index (χ1v) is 7.71. The normalized spacial score (nSPS) is 46.2. The molecule has 2 aliphatic rings. The van der Waals surface area contributed by atoms with E-state index in [1.807, 2.05) is 0 Å². The SMILES string of the molecule is IC(C1C2CC21)C(I)(I)I. The fourth-order valence-corrected chi connectivity index (χ4v) is 3.79. The maximum Gasteiger partial charge on any atom is 0.136 e. The van der Waals surface area contributed by atoms with Gasteiger partial charge >= 0.3 is 0 Å². The van der Waals surface area contributed by atoms with E-state index in [-0.39, 0.29) is 0 Å². The highest BCUT2D eigenvalue weighted by molar-refractivity contribution is 14.3. The van der Waals surface area contributed by atoms with Crippen molar-refractivity contribution in [2.24, 2.45) is 17.8 Å². The summed E-state index contributed by atoms with van der Waals surface area (Å²) >= 11 is 10.3. The van der Waals surface area contributed by atoms with E-state index in [9.17, 15) is 0 Å². The van der Waals surface area contributed by atoms with Crippen LogP contribution in [-0.4, -0.2) is 3.36 Å². The zero-order valence-corrected chi connectivity index (χ0v) is 13.7. The van der Waals surface area contributed by atoms with Crippen molar-refractivity contribution >= 4 is 90.4 Å². The third kappa shape index (κ3) is 1.73. The Bertz CT molecular complexity index is 154. The predicted octanol–water partition coefficient (Wildman–Crippen LogP) is 4.01. The van der Waals surface area contributed by atoms with Crippen molar-refractivity contribution in [3.8, 4) is 0 Å². The molecule has 0 heterocycles. The van der Waals surface area contributed by atoms with Crippen LogP contribution in [-0.2, 0) is 0 Å². The van der Waals surface area contributed by atoms with Gasteiger partial charge in [0.1, 0.15) is -0.565 Å². The molecule has 2 rings (SSSR count). The number of hydrogen-bond donors (Lipinski definition) is 0. The third-order valence-corrected chi connectivity index (χ3v) is 9.74. The molecule has 0 nitrogen and oxygen atoms in total. The van der Waals surface area contributed by atoms with Crippen LogP contribution in [0.2, 0.25) is 0 Å². The Kier molecular flexibility index (Phi) is 2.80. The molecule has 0 aromatic carbocycles. The van der Waals surface area contributed by atoms with E-state index in [0.29, 0.717) is -0.565 Å². The molecule has 10 heavy (non-hydrogen) atoms. The molecule has 58 valence electrons. The first kappa shape index (κ1) is 9.47. The summed E-state index contributed by atoms with van der Waals surface area (Å²) in [6.45, 7) is 0. The lowest BCUT2D eigenvalue weighted by Crippen LogP contribution is -2.21. The molecule has 0 aromatic rings. The van der Waals surface area contributed by atoms with Crippen LogP contribution in [0.15, 0.2) is 0 Å². The fourth-order valence-electron chi connectivity index (χ4n) is 1.48. The Morgan fingerprint density at radius 3 is 1.80 bits per heavy atom. The van der Waals surface area contributed by atoms with Crippen molar-refractivity contribution in [2.75, 3.05) is 0 Å². The van der Waals surface area contributed by atoms with E-state index in [2.05, 4.69) is 90.4 Å². The summed E-state index contributed by atoms with van der Waals surface area (Å²) < 4.78 is 1.34. The van der Waals surface area contributed by atoms with Gasteiger partial charge in [-0.15, -0.1) is 0 Å². The van der Waals surface area contributed by atoms with E-state index in [0.717, 1.165) is 21.7 Å². The van der Waals surface area contributed by atoms with Crippen LogP contribution in [0.4, 0.5) is 0 Å². The minimum Gasteiger partial charge on any atom is -0.0791 e. The second-order valence-corrected chi connectivity index (χ2v) is 15.7. The summed E-state index contributed by atoms with van der Waals surface area (Å²) in [6, 6.07) is 0. The van der Waals surface area contributed by atoms with Crippen molar-refractivity contribution in [2.45, 2.75) is 9.78 Å². The van der Waals surface area contributed by atoms with Gasteiger partial charge in [-0.25, -0.2) is 0 Å². The standard InChI is InChI=1S/C6H6I4/c7-5(6(8,9)10)4-2-1-3(2)4/h2-5H,1H2. The van der Waals surface area contributed by atoms with Gasteiger partial charge in [-0.1, -0.05) is 90.4 Å². The molecule has 0 aliphatic heterocycles. The maximum absolute atomic E-state index is 2.62. The van der Waals surface area contributed by atoms with E-state index in [1.54, 1.807) is 6.42 Å². The summed E-state index contributed by atoms with van der Waals surface area (Å²) in [5.41, 5.74) is 0. The molecule has 0 N–H and O–H groups in total. The summed E-state index contributed by atoms with van der Waals surface area (Å²) in [7, 11) is 0. The molecule has 0 aromatic heterocycles. The molecule has 2 fully saturated rings. The zero-order chi connectivity index (χ0) is 7.52. The van der Waals surface area contributed by atoms with Gasteiger partial charge in [0.2, 0.25) is 0 Å². The monoisotopic (exact) mass is 586 g/mol. The quantitative estimate of drug-likeness (QED) is 0.340. The van der Waals surface area contributed by atoms with Gasteiger partial charge < -0.3 is 0 Å². The van der Waals surface area contributed by atoms with Gasteiger partial charge in [0, 0.05) is 3.92 Å². The summed E-state index contributed by atoms with van der Waals surface area (Å²) in [5, 5.41) is 0. The average Bonchev–Trinajstić information content (AvgIpc) is 2.43. The molecule has 2 saturated carbocycles. The van der Waals surface area contributed by atoms with Gasteiger partial charge in [-0.05, 0) is 24.2 Å². The van der Waals surface area contributed by atoms with E-state index in [1.165, 1.54) is 0 Å². The highest BCUT2D eigenvalue weighted by atomic mass is 127. The van der Waals surface area contributed by atoms with Crippen molar-refractivity contribution < 1.29 is 0 Å². The average molecular weight is 586 g/mol. The lowest BCUT2D eigenvalue weighted by Gasteiger charge is -2.22. The third-order valence-electron chi connectivity index (χ3n) is 2.39. The van der Waals surface area contributed by atoms with E-state index < -0.39 is 0 Å². The number of alkyl halides is 4. The number of fused-ring (bicyclic) bond motifs is 1. The Morgan fingerprint density at radius 1 is 1.20 bits per heavy atom. The van der Waals surface area contributed by atoms with Crippen LogP contribution in [0.25, 0.3) is 0 Å². The highest BCUT2D eigenvalue weighted by Crippen LogP contribution is 2.73. The fraction of sp³-hybridized carbons (Fsp3) is 1.00. The lowest BCUT2D eigenvalue weighted by molar-refractivity contribution is 0.624. The molecule has 0 saturated heterocycles. The van der Waals surface area contributed by atoms with Crippen LogP contribution >= 0.6 is 90.4 Å². The second kappa shape index (κ2) is 2.96. The molecule has 2 aliphatic carbocycles. The Balaban J connectivity index is 1.93. The van der Waals surface area contributed by atoms with E-state index in [4.69, 9.17) is 0 Å². The molecular weight excluding hydrogens is 580 g/mol.